The van der Waals surface area contributed by atoms with E-state index in [0.29, 0.717) is 6.54 Å². The molecule has 0 bridgehead atoms. The summed E-state index contributed by atoms with van der Waals surface area (Å²) >= 11 is 0. The number of para-hydroxylation sites is 1. The molecule has 0 heterocycles. The van der Waals surface area contributed by atoms with Crippen LogP contribution in [0.4, 0.5) is 10.5 Å². The largest absolute Gasteiger partial charge is 0.497 e. The Hall–Kier alpha value is -3.67. The molecule has 3 aromatic rings. The lowest BCUT2D eigenvalue weighted by molar-refractivity contribution is 0.0528. The van der Waals surface area contributed by atoms with Crippen molar-refractivity contribution in [2.24, 2.45) is 0 Å². The minimum Gasteiger partial charge on any atom is -0.497 e. The Bertz CT molecular complexity index is 1080. The Morgan fingerprint density at radius 1 is 0.744 bits per heavy atom. The van der Waals surface area contributed by atoms with Gasteiger partial charge in [0, 0.05) is 25.3 Å². The number of hydrogen-bond donors (Lipinski definition) is 1. The lowest BCUT2D eigenvalue weighted by atomic mass is 10.1. The number of anilines is 1. The maximum absolute atomic E-state index is 12.1. The molecule has 0 saturated heterocycles. The van der Waals surface area contributed by atoms with Crippen molar-refractivity contribution in [2.45, 2.75) is 58.5 Å². The van der Waals surface area contributed by atoms with Gasteiger partial charge in [0.15, 0.2) is 0 Å². The van der Waals surface area contributed by atoms with Crippen LogP contribution < -0.4 is 19.7 Å². The van der Waals surface area contributed by atoms with Crippen molar-refractivity contribution in [3.05, 3.63) is 89.5 Å². The van der Waals surface area contributed by atoms with Crippen LogP contribution in [0.5, 0.6) is 11.5 Å². The highest BCUT2D eigenvalue weighted by Gasteiger charge is 2.16. The molecule has 0 saturated carbocycles. The van der Waals surface area contributed by atoms with Gasteiger partial charge in [0.05, 0.1) is 14.2 Å². The molecule has 0 unspecified atom stereocenters. The van der Waals surface area contributed by atoms with Gasteiger partial charge in [-0.05, 0) is 99.9 Å². The van der Waals surface area contributed by atoms with Crippen LogP contribution >= 0.6 is 0 Å². The zero-order valence-electron chi connectivity index (χ0n) is 24.2. The van der Waals surface area contributed by atoms with Crippen LogP contribution in [-0.2, 0) is 24.0 Å². The fourth-order valence-electron chi connectivity index (χ4n) is 4.53. The summed E-state index contributed by atoms with van der Waals surface area (Å²) < 4.78 is 16.0. The Labute approximate surface area is 234 Å². The highest BCUT2D eigenvalue weighted by molar-refractivity contribution is 5.67. The van der Waals surface area contributed by atoms with Crippen molar-refractivity contribution >= 4 is 11.8 Å². The first-order valence-electron chi connectivity index (χ1n) is 13.8. The summed E-state index contributed by atoms with van der Waals surface area (Å²) in [5.41, 5.74) is 4.56. The average Bonchev–Trinajstić information content (AvgIpc) is 2.92. The number of alkyl carbamates (subject to hydrolysis) is 1. The molecule has 0 aliphatic rings. The normalized spacial score (nSPS) is 11.1. The third-order valence-electron chi connectivity index (χ3n) is 6.50. The first-order valence-corrected chi connectivity index (χ1v) is 13.8. The molecule has 1 amide bonds. The molecule has 39 heavy (non-hydrogen) atoms. The minimum absolute atomic E-state index is 0.379. The van der Waals surface area contributed by atoms with Crippen LogP contribution in [0.25, 0.3) is 0 Å². The third-order valence-corrected chi connectivity index (χ3v) is 6.50. The van der Waals surface area contributed by atoms with Gasteiger partial charge in [0.2, 0.25) is 0 Å². The number of aryl methyl sites for hydroxylation is 2. The molecular weight excluding hydrogens is 488 g/mol. The molecule has 0 aliphatic carbocycles. The van der Waals surface area contributed by atoms with Gasteiger partial charge in [-0.15, -0.1) is 0 Å². The zero-order valence-corrected chi connectivity index (χ0v) is 24.2. The summed E-state index contributed by atoms with van der Waals surface area (Å²) in [7, 11) is 3.39. The van der Waals surface area contributed by atoms with E-state index in [1.807, 2.05) is 45.0 Å². The second-order valence-electron chi connectivity index (χ2n) is 10.7. The second-order valence-corrected chi connectivity index (χ2v) is 10.7. The number of amides is 1. The van der Waals surface area contributed by atoms with Crippen molar-refractivity contribution < 1.29 is 19.0 Å². The third kappa shape index (κ3) is 10.5. The van der Waals surface area contributed by atoms with Crippen molar-refractivity contribution in [3.63, 3.8) is 0 Å². The summed E-state index contributed by atoms with van der Waals surface area (Å²) in [4.78, 5) is 14.6. The fourth-order valence-corrected chi connectivity index (χ4v) is 4.53. The van der Waals surface area contributed by atoms with Crippen molar-refractivity contribution in [3.8, 4) is 11.5 Å². The average molecular weight is 533 g/mol. The lowest BCUT2D eigenvalue weighted by Gasteiger charge is -2.28. The topological polar surface area (TPSA) is 60.0 Å². The van der Waals surface area contributed by atoms with E-state index >= 15 is 0 Å². The first-order chi connectivity index (χ1) is 18.8. The SMILES string of the molecule is COc1ccc(CCCN(CCCc2ccc(OC)cc2)c2ccccc2CCNC(=O)OC(C)(C)C)cc1. The smallest absolute Gasteiger partial charge is 0.407 e. The Morgan fingerprint density at radius 3 is 1.74 bits per heavy atom. The van der Waals surface area contributed by atoms with Crippen LogP contribution in [0.15, 0.2) is 72.8 Å². The number of nitrogens with one attached hydrogen (secondary N) is 1. The number of carbonyl (C=O) groups excluding carboxylic acids is 1. The van der Waals surface area contributed by atoms with Gasteiger partial charge in [0.1, 0.15) is 17.1 Å². The van der Waals surface area contributed by atoms with E-state index in [0.717, 1.165) is 56.7 Å². The number of rotatable bonds is 14. The summed E-state index contributed by atoms with van der Waals surface area (Å²) in [6, 6.07) is 25.2. The molecule has 0 aliphatic heterocycles. The number of nitrogens with zero attached hydrogens (tertiary/aromatic N) is 1. The fraction of sp³-hybridized carbons (Fsp3) is 0.424. The van der Waals surface area contributed by atoms with Crippen molar-refractivity contribution in [2.75, 3.05) is 38.8 Å². The first kappa shape index (κ1) is 29.9. The lowest BCUT2D eigenvalue weighted by Crippen LogP contribution is -2.34. The Morgan fingerprint density at radius 2 is 1.26 bits per heavy atom. The van der Waals surface area contributed by atoms with Crippen molar-refractivity contribution in [1.82, 2.24) is 5.32 Å². The van der Waals surface area contributed by atoms with Gasteiger partial charge < -0.3 is 24.4 Å². The summed E-state index contributed by atoms with van der Waals surface area (Å²) in [6.07, 6.45) is 4.44. The molecule has 3 aromatic carbocycles. The predicted molar refractivity (Wildman–Crippen MR) is 159 cm³/mol. The molecule has 3 rings (SSSR count). The van der Waals surface area contributed by atoms with Crippen LogP contribution in [0, 0.1) is 0 Å². The molecular formula is C33H44N2O4. The number of carbonyl (C=O) groups is 1. The summed E-state index contributed by atoms with van der Waals surface area (Å²) in [5.74, 6) is 1.76. The van der Waals surface area contributed by atoms with E-state index in [9.17, 15) is 4.79 Å². The van der Waals surface area contributed by atoms with Gasteiger partial charge in [-0.1, -0.05) is 42.5 Å². The molecule has 0 spiro atoms. The molecule has 0 atom stereocenters. The highest BCUT2D eigenvalue weighted by atomic mass is 16.6. The number of hydrogen-bond acceptors (Lipinski definition) is 5. The minimum atomic E-state index is -0.507. The van der Waals surface area contributed by atoms with Crippen molar-refractivity contribution in [1.29, 1.82) is 0 Å². The number of methoxy groups -OCH3 is 2. The second kappa shape index (κ2) is 15.1. The van der Waals surface area contributed by atoms with E-state index in [1.165, 1.54) is 22.4 Å². The van der Waals surface area contributed by atoms with Gasteiger partial charge in [0.25, 0.3) is 0 Å². The van der Waals surface area contributed by atoms with E-state index in [1.54, 1.807) is 14.2 Å². The molecule has 6 heteroatoms. The van der Waals surface area contributed by atoms with E-state index < -0.39 is 5.60 Å². The molecule has 210 valence electrons. The summed E-state index contributed by atoms with van der Waals surface area (Å²) in [6.45, 7) is 8.04. The van der Waals surface area contributed by atoms with Crippen LogP contribution in [-0.4, -0.2) is 45.5 Å². The van der Waals surface area contributed by atoms with Gasteiger partial charge in [-0.3, -0.25) is 0 Å². The Balaban J connectivity index is 1.65. The van der Waals surface area contributed by atoms with Crippen LogP contribution in [0.3, 0.4) is 0 Å². The monoisotopic (exact) mass is 532 g/mol. The molecule has 6 nitrogen and oxygen atoms in total. The van der Waals surface area contributed by atoms with Crippen LogP contribution in [0.2, 0.25) is 0 Å². The molecule has 0 radical (unpaired) electrons. The summed E-state index contributed by atoms with van der Waals surface area (Å²) in [5, 5.41) is 2.90. The van der Waals surface area contributed by atoms with Gasteiger partial charge in [-0.25, -0.2) is 4.79 Å². The maximum atomic E-state index is 12.1. The number of benzene rings is 3. The van der Waals surface area contributed by atoms with E-state index in [2.05, 4.69) is 58.7 Å². The van der Waals surface area contributed by atoms with Gasteiger partial charge in [-0.2, -0.15) is 0 Å². The van der Waals surface area contributed by atoms with Crippen LogP contribution in [0.1, 0.15) is 50.3 Å². The van der Waals surface area contributed by atoms with E-state index in [4.69, 9.17) is 14.2 Å². The zero-order chi connectivity index (χ0) is 28.1. The quantitative estimate of drug-likeness (QED) is 0.246. The standard InChI is InChI=1S/C33H44N2O4/c1-33(2,3)39-32(36)34-23-22-28-12-6-7-13-31(28)35(24-8-10-26-14-18-29(37-4)19-15-26)25-9-11-27-16-20-30(38-5)21-17-27/h6-7,12-21H,8-11,22-25H2,1-5H3,(H,34,36). The molecule has 0 fully saturated rings. The number of ether oxygens (including phenoxy) is 3. The van der Waals surface area contributed by atoms with Gasteiger partial charge >= 0.3 is 6.09 Å². The predicted octanol–water partition coefficient (Wildman–Crippen LogP) is 6.84. The van der Waals surface area contributed by atoms with E-state index in [-0.39, 0.29) is 6.09 Å². The maximum Gasteiger partial charge on any atom is 0.407 e. The Kier molecular flexibility index (Phi) is 11.5. The molecule has 1 N–H and O–H groups in total. The highest BCUT2D eigenvalue weighted by Crippen LogP contribution is 2.23. The molecule has 0 aromatic heterocycles.